The summed E-state index contributed by atoms with van der Waals surface area (Å²) in [6, 6.07) is 32.1. The Morgan fingerprint density at radius 1 is 0.698 bits per heavy atom. The van der Waals surface area contributed by atoms with Crippen molar-refractivity contribution in [2.75, 3.05) is 7.11 Å². The van der Waals surface area contributed by atoms with Gasteiger partial charge in [0.1, 0.15) is 0 Å². The summed E-state index contributed by atoms with van der Waals surface area (Å²) < 4.78 is 0. The van der Waals surface area contributed by atoms with Crippen molar-refractivity contribution in [3.8, 4) is 0 Å². The van der Waals surface area contributed by atoms with E-state index in [-0.39, 0.29) is 6.04 Å². The molecule has 0 amide bonds. The third-order valence-electron chi connectivity index (χ3n) is 9.44. The van der Waals surface area contributed by atoms with Crippen LogP contribution in [0.2, 0.25) is 0 Å². The van der Waals surface area contributed by atoms with Crippen molar-refractivity contribution in [3.63, 3.8) is 0 Å². The fourth-order valence-electron chi connectivity index (χ4n) is 7.06. The van der Waals surface area contributed by atoms with Gasteiger partial charge in [-0.1, -0.05) is 201 Å². The molecule has 4 aromatic carbocycles. The highest BCUT2D eigenvalue weighted by Gasteiger charge is 2.47. The smallest absolute Gasteiger partial charge is 0.0713 e. The normalized spacial score (nSPS) is 22.4. The van der Waals surface area contributed by atoms with Gasteiger partial charge in [0.2, 0.25) is 0 Å². The predicted octanol–water partition coefficient (Wildman–Crippen LogP) is 12.2. The summed E-state index contributed by atoms with van der Waals surface area (Å²) in [7, 11) is 1.00. The van der Waals surface area contributed by atoms with E-state index in [9.17, 15) is 0 Å². The number of fused-ring (bicyclic) bond motifs is 7. The molecule has 0 radical (unpaired) electrons. The van der Waals surface area contributed by atoms with E-state index in [0.717, 1.165) is 29.4 Å². The van der Waals surface area contributed by atoms with Crippen molar-refractivity contribution < 1.29 is 5.11 Å². The zero-order valence-corrected chi connectivity index (χ0v) is 31.0. The first-order chi connectivity index (χ1) is 25.9. The van der Waals surface area contributed by atoms with Gasteiger partial charge in [-0.15, -0.1) is 0 Å². The van der Waals surface area contributed by atoms with Crippen LogP contribution in [0.1, 0.15) is 47.7 Å². The number of hydrogen-bond donors (Lipinski definition) is 2. The lowest BCUT2D eigenvalue weighted by Gasteiger charge is -2.37. The molecule has 0 saturated carbocycles. The lowest BCUT2D eigenvalue weighted by Crippen LogP contribution is -2.30. The van der Waals surface area contributed by atoms with Gasteiger partial charge in [0.15, 0.2) is 0 Å². The average Bonchev–Trinajstić information content (AvgIpc) is 3.44. The van der Waals surface area contributed by atoms with Crippen LogP contribution >= 0.6 is 0 Å². The van der Waals surface area contributed by atoms with Crippen molar-refractivity contribution in [1.29, 1.82) is 0 Å². The third kappa shape index (κ3) is 8.37. The van der Waals surface area contributed by atoms with E-state index in [1.54, 1.807) is 0 Å². The standard InChI is InChI=1S/C42H33N.C8H12.CH4O/c1-30-16-8-9-17-31-18-13-15-26-38(31)42(30)39-27-7-3-6-21-33(41(43)32-19-4-2-5-20-32)22-12-14-25-36(39)37-28-34-23-10-11-24-35(34)29-40(37)42;1-4-5-6-7-8(2)3;1-2/h2-29,41H,1,43H2;4-7H,2H2,1,3H3;2H,1H3/b6-3+,7-3?,14-12?,16-8-,17-9-,21-6?,22-12-,25-14-,27-7+,33-21+,33-22?,36-25?,39-27?;5-4-,7-6-;. The fraction of sp³-hybridized carbons (Fsp3) is 0.0980. The van der Waals surface area contributed by atoms with Gasteiger partial charge in [0.25, 0.3) is 0 Å². The Balaban J connectivity index is 0.000000482. The largest absolute Gasteiger partial charge is 0.400 e. The van der Waals surface area contributed by atoms with Gasteiger partial charge in [-0.25, -0.2) is 0 Å². The molecular formula is C51H49NO. The molecule has 0 aromatic heterocycles. The first-order valence-corrected chi connectivity index (χ1v) is 18.0. The Morgan fingerprint density at radius 2 is 1.34 bits per heavy atom. The van der Waals surface area contributed by atoms with Crippen LogP contribution in [0.3, 0.4) is 0 Å². The average molecular weight is 692 g/mol. The summed E-state index contributed by atoms with van der Waals surface area (Å²) in [6.45, 7) is 12.4. The molecule has 0 fully saturated rings. The van der Waals surface area contributed by atoms with E-state index in [1.165, 1.54) is 44.2 Å². The molecule has 7 rings (SSSR count). The van der Waals surface area contributed by atoms with Crippen LogP contribution in [0.4, 0.5) is 0 Å². The number of hydrogen-bond acceptors (Lipinski definition) is 2. The van der Waals surface area contributed by atoms with Gasteiger partial charge >= 0.3 is 0 Å². The second-order valence-corrected chi connectivity index (χ2v) is 12.9. The Kier molecular flexibility index (Phi) is 13.3. The van der Waals surface area contributed by atoms with E-state index in [2.05, 4.69) is 158 Å². The molecule has 0 saturated heterocycles. The van der Waals surface area contributed by atoms with Gasteiger partial charge < -0.3 is 10.8 Å². The highest BCUT2D eigenvalue weighted by Crippen LogP contribution is 2.57. The summed E-state index contributed by atoms with van der Waals surface area (Å²) in [5.74, 6) is 0. The zero-order valence-electron chi connectivity index (χ0n) is 31.0. The Bertz CT molecular complexity index is 2260. The van der Waals surface area contributed by atoms with Gasteiger partial charge in [-0.2, -0.15) is 0 Å². The summed E-state index contributed by atoms with van der Waals surface area (Å²) in [5.41, 5.74) is 17.8. The summed E-state index contributed by atoms with van der Waals surface area (Å²) in [5, 5.41) is 9.45. The maximum atomic E-state index is 7.00. The van der Waals surface area contributed by atoms with Crippen molar-refractivity contribution >= 4 is 22.4 Å². The van der Waals surface area contributed by atoms with Gasteiger partial charge in [0.05, 0.1) is 11.5 Å². The molecule has 2 atom stereocenters. The van der Waals surface area contributed by atoms with Crippen LogP contribution in [-0.2, 0) is 5.41 Å². The number of aliphatic hydroxyl groups excluding tert-OH is 1. The highest BCUT2D eigenvalue weighted by atomic mass is 16.2. The van der Waals surface area contributed by atoms with E-state index in [0.29, 0.717) is 0 Å². The van der Waals surface area contributed by atoms with E-state index in [1.807, 2.05) is 56.4 Å². The first kappa shape index (κ1) is 38.2. The molecule has 2 nitrogen and oxygen atoms in total. The minimum Gasteiger partial charge on any atom is -0.400 e. The molecule has 2 unspecified atom stereocenters. The second-order valence-electron chi connectivity index (χ2n) is 12.9. The highest BCUT2D eigenvalue weighted by molar-refractivity contribution is 5.98. The lowest BCUT2D eigenvalue weighted by atomic mass is 9.64. The number of rotatable bonds is 4. The van der Waals surface area contributed by atoms with E-state index >= 15 is 0 Å². The summed E-state index contributed by atoms with van der Waals surface area (Å²) in [4.78, 5) is 0. The SMILES string of the molecule is C=C(C)/C=C\C=C/C.C=C1/C=C\C=C/c2ccccc2C12C1=C(/C=C\C=C/C(C(N)c3ccccc3)=C\C=C\C=C\1)c1cc3ccccc3cc12.CO. The molecule has 53 heavy (non-hydrogen) atoms. The quantitative estimate of drug-likeness (QED) is 0.209. The maximum absolute atomic E-state index is 7.00. The zero-order chi connectivity index (χ0) is 37.6. The summed E-state index contributed by atoms with van der Waals surface area (Å²) in [6.07, 6.45) is 35.8. The van der Waals surface area contributed by atoms with Crippen LogP contribution in [-0.4, -0.2) is 12.2 Å². The Hall–Kier alpha value is -6.06. The van der Waals surface area contributed by atoms with Crippen LogP contribution in [0.5, 0.6) is 0 Å². The van der Waals surface area contributed by atoms with Crippen LogP contribution in [0.15, 0.2) is 224 Å². The third-order valence-corrected chi connectivity index (χ3v) is 9.44. The molecule has 1 spiro atoms. The number of benzene rings is 4. The molecule has 3 aliphatic carbocycles. The van der Waals surface area contributed by atoms with Crippen molar-refractivity contribution in [1.82, 2.24) is 0 Å². The van der Waals surface area contributed by atoms with Crippen LogP contribution < -0.4 is 5.73 Å². The van der Waals surface area contributed by atoms with Crippen molar-refractivity contribution in [3.05, 3.63) is 251 Å². The first-order valence-electron chi connectivity index (χ1n) is 18.0. The topological polar surface area (TPSA) is 46.2 Å². The van der Waals surface area contributed by atoms with Gasteiger partial charge in [0, 0.05) is 7.11 Å². The number of allylic oxidation sites excluding steroid dienone is 19. The Labute approximate surface area is 316 Å². The fourth-order valence-corrected chi connectivity index (χ4v) is 7.06. The molecule has 2 heteroatoms. The molecule has 0 heterocycles. The predicted molar refractivity (Wildman–Crippen MR) is 230 cm³/mol. The molecule has 4 aromatic rings. The molecule has 3 N–H and O–H groups in total. The minimum absolute atomic E-state index is 0.214. The maximum Gasteiger partial charge on any atom is 0.0713 e. The molecule has 264 valence electrons. The van der Waals surface area contributed by atoms with Crippen molar-refractivity contribution in [2.24, 2.45) is 5.73 Å². The Morgan fingerprint density at radius 3 is 2.09 bits per heavy atom. The lowest BCUT2D eigenvalue weighted by molar-refractivity contribution is 0.399. The van der Waals surface area contributed by atoms with Crippen molar-refractivity contribution in [2.45, 2.75) is 25.3 Å². The van der Waals surface area contributed by atoms with Crippen LogP contribution in [0, 0.1) is 0 Å². The molecule has 3 aliphatic rings. The van der Waals surface area contributed by atoms with Crippen LogP contribution in [0.25, 0.3) is 22.4 Å². The molecular weight excluding hydrogens is 643 g/mol. The second kappa shape index (κ2) is 18.4. The summed E-state index contributed by atoms with van der Waals surface area (Å²) >= 11 is 0. The molecule has 0 aliphatic heterocycles. The minimum atomic E-state index is -0.550. The monoisotopic (exact) mass is 691 g/mol. The number of aliphatic hydroxyl groups is 1. The van der Waals surface area contributed by atoms with E-state index < -0.39 is 5.41 Å². The van der Waals surface area contributed by atoms with Gasteiger partial charge in [-0.05, 0) is 86.9 Å². The molecule has 0 bridgehead atoms. The van der Waals surface area contributed by atoms with Gasteiger partial charge in [-0.3, -0.25) is 0 Å². The van der Waals surface area contributed by atoms with E-state index in [4.69, 9.17) is 17.4 Å². The number of nitrogens with two attached hydrogens (primary N) is 1.